The third kappa shape index (κ3) is 3.54. The summed E-state index contributed by atoms with van der Waals surface area (Å²) in [5.41, 5.74) is 1.32. The van der Waals surface area contributed by atoms with Crippen LogP contribution in [-0.4, -0.2) is 42.5 Å². The van der Waals surface area contributed by atoms with E-state index in [0.717, 1.165) is 0 Å². The molecule has 0 aromatic heterocycles. The van der Waals surface area contributed by atoms with Crippen molar-refractivity contribution in [2.24, 2.45) is 0 Å². The highest BCUT2D eigenvalue weighted by Crippen LogP contribution is 2.13. The van der Waals surface area contributed by atoms with Crippen molar-refractivity contribution in [1.82, 2.24) is 4.90 Å². The van der Waals surface area contributed by atoms with Crippen molar-refractivity contribution < 1.29 is 14.3 Å². The standard InChI is InChI=1S/C14H18N2O3/c1-10-9-16(7-8-19-10)14(18)12-3-5-13(6-4-12)15-11(2)17/h3-6,10H,7-9H2,1-2H3,(H,15,17). The van der Waals surface area contributed by atoms with Gasteiger partial charge in [-0.15, -0.1) is 0 Å². The maximum Gasteiger partial charge on any atom is 0.254 e. The van der Waals surface area contributed by atoms with E-state index in [2.05, 4.69) is 5.32 Å². The lowest BCUT2D eigenvalue weighted by Crippen LogP contribution is -2.44. The molecule has 0 bridgehead atoms. The van der Waals surface area contributed by atoms with Crippen molar-refractivity contribution in [2.75, 3.05) is 25.0 Å². The molecule has 1 aromatic carbocycles. The summed E-state index contributed by atoms with van der Waals surface area (Å²) in [7, 11) is 0. The molecular weight excluding hydrogens is 244 g/mol. The van der Waals surface area contributed by atoms with E-state index in [0.29, 0.717) is 30.9 Å². The van der Waals surface area contributed by atoms with Crippen LogP contribution in [0.2, 0.25) is 0 Å². The van der Waals surface area contributed by atoms with Crippen LogP contribution in [0.1, 0.15) is 24.2 Å². The van der Waals surface area contributed by atoms with E-state index in [1.54, 1.807) is 29.2 Å². The number of morpholine rings is 1. The van der Waals surface area contributed by atoms with E-state index < -0.39 is 0 Å². The van der Waals surface area contributed by atoms with Gasteiger partial charge in [0.25, 0.3) is 5.91 Å². The zero-order chi connectivity index (χ0) is 13.8. The summed E-state index contributed by atoms with van der Waals surface area (Å²) in [5, 5.41) is 2.67. The van der Waals surface area contributed by atoms with Crippen LogP contribution >= 0.6 is 0 Å². The van der Waals surface area contributed by atoms with Gasteiger partial charge in [-0.1, -0.05) is 0 Å². The Morgan fingerprint density at radius 1 is 1.32 bits per heavy atom. The summed E-state index contributed by atoms with van der Waals surface area (Å²) in [4.78, 5) is 25.0. The van der Waals surface area contributed by atoms with Gasteiger partial charge in [0.05, 0.1) is 12.7 Å². The number of carbonyl (C=O) groups is 2. The average Bonchev–Trinajstić information content (AvgIpc) is 2.38. The van der Waals surface area contributed by atoms with Crippen LogP contribution in [0.5, 0.6) is 0 Å². The van der Waals surface area contributed by atoms with Gasteiger partial charge in [0, 0.05) is 31.3 Å². The number of nitrogens with zero attached hydrogens (tertiary/aromatic N) is 1. The zero-order valence-electron chi connectivity index (χ0n) is 11.2. The first-order chi connectivity index (χ1) is 9.06. The fraction of sp³-hybridized carbons (Fsp3) is 0.429. The highest BCUT2D eigenvalue weighted by atomic mass is 16.5. The van der Waals surface area contributed by atoms with Gasteiger partial charge in [-0.25, -0.2) is 0 Å². The van der Waals surface area contributed by atoms with Crippen LogP contribution < -0.4 is 5.32 Å². The summed E-state index contributed by atoms with van der Waals surface area (Å²) in [6.07, 6.45) is 0.0800. The lowest BCUT2D eigenvalue weighted by Gasteiger charge is -2.31. The molecule has 1 aromatic rings. The predicted octanol–water partition coefficient (Wildman–Crippen LogP) is 1.51. The number of ether oxygens (including phenoxy) is 1. The molecule has 102 valence electrons. The monoisotopic (exact) mass is 262 g/mol. The molecule has 1 unspecified atom stereocenters. The van der Waals surface area contributed by atoms with Gasteiger partial charge >= 0.3 is 0 Å². The van der Waals surface area contributed by atoms with Gasteiger partial charge in [-0.3, -0.25) is 9.59 Å². The van der Waals surface area contributed by atoms with E-state index in [1.165, 1.54) is 6.92 Å². The Morgan fingerprint density at radius 2 is 2.00 bits per heavy atom. The van der Waals surface area contributed by atoms with E-state index >= 15 is 0 Å². The molecule has 0 spiro atoms. The number of amides is 2. The van der Waals surface area contributed by atoms with Crippen LogP contribution in [-0.2, 0) is 9.53 Å². The molecule has 1 atom stereocenters. The molecule has 1 N–H and O–H groups in total. The molecule has 5 nitrogen and oxygen atoms in total. The molecule has 2 rings (SSSR count). The summed E-state index contributed by atoms with van der Waals surface area (Å²) >= 11 is 0. The first-order valence-corrected chi connectivity index (χ1v) is 6.35. The van der Waals surface area contributed by atoms with Crippen LogP contribution in [0.15, 0.2) is 24.3 Å². The van der Waals surface area contributed by atoms with Gasteiger partial charge in [0.2, 0.25) is 5.91 Å². The maximum absolute atomic E-state index is 12.3. The normalized spacial score (nSPS) is 19.1. The minimum atomic E-state index is -0.124. The van der Waals surface area contributed by atoms with Gasteiger partial charge < -0.3 is 15.0 Å². The summed E-state index contributed by atoms with van der Waals surface area (Å²) in [5.74, 6) is -0.120. The fourth-order valence-electron chi connectivity index (χ4n) is 2.08. The van der Waals surface area contributed by atoms with E-state index in [9.17, 15) is 9.59 Å². The summed E-state index contributed by atoms with van der Waals surface area (Å²) < 4.78 is 5.42. The maximum atomic E-state index is 12.3. The van der Waals surface area contributed by atoms with Gasteiger partial charge in [0.1, 0.15) is 0 Å². The van der Waals surface area contributed by atoms with E-state index in [4.69, 9.17) is 4.74 Å². The predicted molar refractivity (Wildman–Crippen MR) is 72.1 cm³/mol. The first kappa shape index (κ1) is 13.5. The number of hydrogen-bond acceptors (Lipinski definition) is 3. The minimum absolute atomic E-state index is 0.00419. The van der Waals surface area contributed by atoms with Crippen LogP contribution in [0.3, 0.4) is 0 Å². The van der Waals surface area contributed by atoms with Crippen LogP contribution in [0.4, 0.5) is 5.69 Å². The first-order valence-electron chi connectivity index (χ1n) is 6.35. The third-order valence-corrected chi connectivity index (χ3v) is 2.98. The third-order valence-electron chi connectivity index (χ3n) is 2.98. The number of nitrogens with one attached hydrogen (secondary N) is 1. The topological polar surface area (TPSA) is 58.6 Å². The quantitative estimate of drug-likeness (QED) is 0.878. The van der Waals surface area contributed by atoms with Gasteiger partial charge in [0.15, 0.2) is 0 Å². The number of benzene rings is 1. The minimum Gasteiger partial charge on any atom is -0.375 e. The Kier molecular flexibility index (Phi) is 4.16. The number of hydrogen-bond donors (Lipinski definition) is 1. The van der Waals surface area contributed by atoms with Crippen molar-refractivity contribution in [3.63, 3.8) is 0 Å². The Labute approximate surface area is 112 Å². The molecule has 1 fully saturated rings. The molecule has 1 saturated heterocycles. The molecule has 2 amide bonds. The van der Waals surface area contributed by atoms with Gasteiger partial charge in [-0.2, -0.15) is 0 Å². The fourth-order valence-corrected chi connectivity index (χ4v) is 2.08. The molecule has 0 radical (unpaired) electrons. The number of carbonyl (C=O) groups excluding carboxylic acids is 2. The largest absolute Gasteiger partial charge is 0.375 e. The van der Waals surface area contributed by atoms with Crippen molar-refractivity contribution >= 4 is 17.5 Å². The second kappa shape index (κ2) is 5.84. The zero-order valence-corrected chi connectivity index (χ0v) is 11.2. The SMILES string of the molecule is CC(=O)Nc1ccc(C(=O)N2CCOC(C)C2)cc1. The van der Waals surface area contributed by atoms with Crippen molar-refractivity contribution in [3.05, 3.63) is 29.8 Å². The van der Waals surface area contributed by atoms with Gasteiger partial charge in [-0.05, 0) is 31.2 Å². The van der Waals surface area contributed by atoms with Crippen molar-refractivity contribution in [3.8, 4) is 0 Å². The second-order valence-electron chi connectivity index (χ2n) is 4.69. The van der Waals surface area contributed by atoms with Crippen LogP contribution in [0, 0.1) is 0 Å². The molecular formula is C14H18N2O3. The molecule has 0 aliphatic carbocycles. The highest BCUT2D eigenvalue weighted by molar-refractivity contribution is 5.95. The lowest BCUT2D eigenvalue weighted by atomic mass is 10.1. The molecule has 1 heterocycles. The molecule has 0 saturated carbocycles. The van der Waals surface area contributed by atoms with Crippen LogP contribution in [0.25, 0.3) is 0 Å². The smallest absolute Gasteiger partial charge is 0.254 e. The second-order valence-corrected chi connectivity index (χ2v) is 4.69. The number of rotatable bonds is 2. The Bertz CT molecular complexity index is 470. The Balaban J connectivity index is 2.04. The summed E-state index contributed by atoms with van der Waals surface area (Å²) in [6.45, 7) is 5.23. The Hall–Kier alpha value is -1.88. The highest BCUT2D eigenvalue weighted by Gasteiger charge is 2.22. The lowest BCUT2D eigenvalue weighted by molar-refractivity contribution is -0.114. The van der Waals surface area contributed by atoms with E-state index in [-0.39, 0.29) is 17.9 Å². The molecule has 5 heteroatoms. The Morgan fingerprint density at radius 3 is 2.58 bits per heavy atom. The molecule has 1 aliphatic heterocycles. The molecule has 1 aliphatic rings. The molecule has 19 heavy (non-hydrogen) atoms. The van der Waals surface area contributed by atoms with Crippen molar-refractivity contribution in [2.45, 2.75) is 20.0 Å². The van der Waals surface area contributed by atoms with E-state index in [1.807, 2.05) is 6.92 Å². The number of anilines is 1. The summed E-state index contributed by atoms with van der Waals surface area (Å²) in [6, 6.07) is 6.93. The van der Waals surface area contributed by atoms with Crippen molar-refractivity contribution in [1.29, 1.82) is 0 Å². The average molecular weight is 262 g/mol.